The molecule has 0 amide bonds. The number of hydrogen-bond acceptors (Lipinski definition) is 2. The van der Waals surface area contributed by atoms with Gasteiger partial charge in [0, 0.05) is 12.0 Å². The third kappa shape index (κ3) is 2.10. The van der Waals surface area contributed by atoms with E-state index in [1.807, 2.05) is 18.2 Å². The Labute approximate surface area is 114 Å². The predicted molar refractivity (Wildman–Crippen MR) is 75.1 cm³/mol. The summed E-state index contributed by atoms with van der Waals surface area (Å²) in [6.45, 7) is 2.18. The van der Waals surface area contributed by atoms with E-state index < -0.39 is 5.60 Å². The lowest BCUT2D eigenvalue weighted by atomic mass is 9.77. The normalized spacial score (nSPS) is 22.2. The van der Waals surface area contributed by atoms with E-state index in [-0.39, 0.29) is 0 Å². The molecule has 2 aromatic rings. The Balaban J connectivity index is 2.04. The van der Waals surface area contributed by atoms with Crippen LogP contribution in [-0.2, 0) is 18.4 Å². The summed E-state index contributed by atoms with van der Waals surface area (Å²) < 4.78 is 5.49. The van der Waals surface area contributed by atoms with Gasteiger partial charge in [0.1, 0.15) is 11.4 Å². The van der Waals surface area contributed by atoms with Gasteiger partial charge in [-0.1, -0.05) is 37.6 Å². The van der Waals surface area contributed by atoms with Crippen LogP contribution in [0.4, 0.5) is 0 Å². The molecule has 3 rings (SSSR count). The minimum atomic E-state index is -0.871. The van der Waals surface area contributed by atoms with Crippen LogP contribution in [0.2, 0.25) is 0 Å². The summed E-state index contributed by atoms with van der Waals surface area (Å²) in [5, 5.41) is 11.1. The average molecular weight is 256 g/mol. The fourth-order valence-corrected chi connectivity index (χ4v) is 3.11. The van der Waals surface area contributed by atoms with Crippen LogP contribution in [0.5, 0.6) is 0 Å². The monoisotopic (exact) mass is 256 g/mol. The van der Waals surface area contributed by atoms with Gasteiger partial charge >= 0.3 is 0 Å². The fourth-order valence-electron chi connectivity index (χ4n) is 3.11. The van der Waals surface area contributed by atoms with Gasteiger partial charge in [-0.2, -0.15) is 0 Å². The van der Waals surface area contributed by atoms with Crippen LogP contribution in [0, 0.1) is 0 Å². The van der Waals surface area contributed by atoms with Crippen molar-refractivity contribution in [1.82, 2.24) is 0 Å². The zero-order chi connectivity index (χ0) is 13.3. The van der Waals surface area contributed by atoms with Gasteiger partial charge in [0.15, 0.2) is 0 Å². The van der Waals surface area contributed by atoms with Crippen molar-refractivity contribution in [2.45, 2.75) is 44.6 Å². The highest BCUT2D eigenvalue weighted by atomic mass is 16.3. The van der Waals surface area contributed by atoms with Crippen LogP contribution >= 0.6 is 0 Å². The van der Waals surface area contributed by atoms with Crippen LogP contribution in [0.1, 0.15) is 48.6 Å². The van der Waals surface area contributed by atoms with Crippen LogP contribution in [0.25, 0.3) is 0 Å². The molecule has 19 heavy (non-hydrogen) atoms. The second-order valence-electron chi connectivity index (χ2n) is 5.42. The molecule has 0 fully saturated rings. The van der Waals surface area contributed by atoms with E-state index in [1.54, 1.807) is 6.26 Å². The molecule has 1 aliphatic carbocycles. The molecular formula is C17H20O2. The van der Waals surface area contributed by atoms with E-state index in [0.29, 0.717) is 0 Å². The second kappa shape index (κ2) is 4.86. The lowest BCUT2D eigenvalue weighted by molar-refractivity contribution is 0.0588. The average Bonchev–Trinajstić information content (AvgIpc) is 2.90. The van der Waals surface area contributed by atoms with Crippen molar-refractivity contribution in [2.75, 3.05) is 0 Å². The quantitative estimate of drug-likeness (QED) is 0.906. The topological polar surface area (TPSA) is 33.4 Å². The van der Waals surface area contributed by atoms with Gasteiger partial charge in [-0.05, 0) is 36.5 Å². The molecule has 1 unspecified atom stereocenters. The van der Waals surface area contributed by atoms with Crippen molar-refractivity contribution in [2.24, 2.45) is 0 Å². The van der Waals surface area contributed by atoms with Crippen LogP contribution in [0.15, 0.2) is 41.0 Å². The van der Waals surface area contributed by atoms with E-state index >= 15 is 0 Å². The van der Waals surface area contributed by atoms with E-state index in [0.717, 1.165) is 49.0 Å². The Kier molecular flexibility index (Phi) is 3.19. The molecule has 1 atom stereocenters. The second-order valence-corrected chi connectivity index (χ2v) is 5.42. The van der Waals surface area contributed by atoms with E-state index in [9.17, 15) is 5.11 Å². The maximum absolute atomic E-state index is 11.1. The molecule has 0 saturated heterocycles. The van der Waals surface area contributed by atoms with Gasteiger partial charge < -0.3 is 9.52 Å². The van der Waals surface area contributed by atoms with Crippen molar-refractivity contribution in [1.29, 1.82) is 0 Å². The molecule has 1 aromatic carbocycles. The SMILES string of the molecule is CCCc1cccc(C2(O)CCCc3occc32)c1. The molecule has 1 heterocycles. The maximum atomic E-state index is 11.1. The maximum Gasteiger partial charge on any atom is 0.118 e. The Hall–Kier alpha value is -1.54. The summed E-state index contributed by atoms with van der Waals surface area (Å²) in [6.07, 6.45) is 6.54. The highest BCUT2D eigenvalue weighted by Gasteiger charge is 2.37. The summed E-state index contributed by atoms with van der Waals surface area (Å²) in [6, 6.07) is 10.3. The number of fused-ring (bicyclic) bond motifs is 1. The molecule has 0 radical (unpaired) electrons. The molecule has 0 bridgehead atoms. The van der Waals surface area contributed by atoms with Gasteiger partial charge in [0.05, 0.1) is 6.26 Å². The number of aryl methyl sites for hydroxylation is 2. The third-order valence-corrected chi connectivity index (χ3v) is 4.08. The van der Waals surface area contributed by atoms with Gasteiger partial charge in [-0.15, -0.1) is 0 Å². The predicted octanol–water partition coefficient (Wildman–Crippen LogP) is 3.80. The van der Waals surface area contributed by atoms with Crippen molar-refractivity contribution >= 4 is 0 Å². The Morgan fingerprint density at radius 1 is 1.32 bits per heavy atom. The molecule has 1 aromatic heterocycles. The number of hydrogen-bond donors (Lipinski definition) is 1. The molecule has 100 valence electrons. The number of rotatable bonds is 3. The Bertz CT molecular complexity index is 570. The molecular weight excluding hydrogens is 236 g/mol. The number of furan rings is 1. The summed E-state index contributed by atoms with van der Waals surface area (Å²) in [7, 11) is 0. The largest absolute Gasteiger partial charge is 0.469 e. The minimum Gasteiger partial charge on any atom is -0.469 e. The van der Waals surface area contributed by atoms with Crippen LogP contribution in [0.3, 0.4) is 0 Å². The van der Waals surface area contributed by atoms with Crippen LogP contribution in [-0.4, -0.2) is 5.11 Å². The Morgan fingerprint density at radius 2 is 2.21 bits per heavy atom. The van der Waals surface area contributed by atoms with E-state index in [4.69, 9.17) is 4.42 Å². The van der Waals surface area contributed by atoms with E-state index in [2.05, 4.69) is 19.1 Å². The molecule has 2 nitrogen and oxygen atoms in total. The first-order chi connectivity index (χ1) is 9.24. The van der Waals surface area contributed by atoms with Gasteiger partial charge in [-0.3, -0.25) is 0 Å². The minimum absolute atomic E-state index is 0.773. The molecule has 1 N–H and O–H groups in total. The lowest BCUT2D eigenvalue weighted by Crippen LogP contribution is -2.31. The summed E-state index contributed by atoms with van der Waals surface area (Å²) in [5.74, 6) is 0.939. The summed E-state index contributed by atoms with van der Waals surface area (Å²) in [4.78, 5) is 0. The highest BCUT2D eigenvalue weighted by molar-refractivity contribution is 5.40. The van der Waals surface area contributed by atoms with Crippen molar-refractivity contribution < 1.29 is 9.52 Å². The molecule has 1 aliphatic rings. The van der Waals surface area contributed by atoms with Crippen molar-refractivity contribution in [3.63, 3.8) is 0 Å². The third-order valence-electron chi connectivity index (χ3n) is 4.08. The first-order valence-electron chi connectivity index (χ1n) is 7.12. The number of benzene rings is 1. The van der Waals surface area contributed by atoms with E-state index in [1.165, 1.54) is 5.56 Å². The van der Waals surface area contributed by atoms with Crippen molar-refractivity contribution in [3.8, 4) is 0 Å². The molecule has 0 spiro atoms. The number of aliphatic hydroxyl groups is 1. The molecule has 2 heteroatoms. The lowest BCUT2D eigenvalue weighted by Gasteiger charge is -2.32. The summed E-state index contributed by atoms with van der Waals surface area (Å²) >= 11 is 0. The van der Waals surface area contributed by atoms with Gasteiger partial charge in [0.2, 0.25) is 0 Å². The summed E-state index contributed by atoms with van der Waals surface area (Å²) in [5.41, 5.74) is 2.38. The molecule has 0 aliphatic heterocycles. The van der Waals surface area contributed by atoms with Gasteiger partial charge in [0.25, 0.3) is 0 Å². The standard InChI is InChI=1S/C17H20O2/c1-2-5-13-6-3-7-14(12-13)17(18)10-4-8-16-15(17)9-11-19-16/h3,6-7,9,11-12,18H,2,4-5,8,10H2,1H3. The van der Waals surface area contributed by atoms with Gasteiger partial charge in [-0.25, -0.2) is 0 Å². The first kappa shape index (κ1) is 12.5. The zero-order valence-corrected chi connectivity index (χ0v) is 11.4. The van der Waals surface area contributed by atoms with Crippen LogP contribution < -0.4 is 0 Å². The fraction of sp³-hybridized carbons (Fsp3) is 0.412. The molecule has 0 saturated carbocycles. The van der Waals surface area contributed by atoms with Crippen molar-refractivity contribution in [3.05, 3.63) is 59.0 Å². The highest BCUT2D eigenvalue weighted by Crippen LogP contribution is 2.41. The smallest absolute Gasteiger partial charge is 0.118 e. The zero-order valence-electron chi connectivity index (χ0n) is 11.4. The first-order valence-corrected chi connectivity index (χ1v) is 7.12. The Morgan fingerprint density at radius 3 is 3.05 bits per heavy atom.